The van der Waals surface area contributed by atoms with Gasteiger partial charge in [0.05, 0.1) is 5.92 Å². The van der Waals surface area contributed by atoms with Gasteiger partial charge in [0, 0.05) is 22.7 Å². The molecule has 2 rings (SSSR count). The van der Waals surface area contributed by atoms with E-state index in [0.717, 1.165) is 6.54 Å². The molecule has 0 bridgehead atoms. The zero-order valence-electron chi connectivity index (χ0n) is 10.6. The number of carboxylic acids is 1. The summed E-state index contributed by atoms with van der Waals surface area (Å²) in [5.74, 6) is -0.662. The van der Waals surface area contributed by atoms with Gasteiger partial charge in [-0.1, -0.05) is 19.1 Å². The molecular formula is C14H18INO2. The maximum absolute atomic E-state index is 11.1. The number of likely N-dealkylation sites (tertiary alicyclic amines) is 1. The summed E-state index contributed by atoms with van der Waals surface area (Å²) >= 11 is 2.29. The Kier molecular flexibility index (Phi) is 4.27. The Bertz CT molecular complexity index is 432. The molecule has 0 saturated carbocycles. The lowest BCUT2D eigenvalue weighted by molar-refractivity contribution is -0.142. The lowest BCUT2D eigenvalue weighted by Gasteiger charge is -2.24. The number of halogens is 1. The molecule has 1 aromatic rings. The van der Waals surface area contributed by atoms with Crippen molar-refractivity contribution in [2.75, 3.05) is 13.1 Å². The zero-order chi connectivity index (χ0) is 13.3. The maximum Gasteiger partial charge on any atom is 0.308 e. The number of hydrogen-bond donors (Lipinski definition) is 1. The van der Waals surface area contributed by atoms with Crippen molar-refractivity contribution in [2.45, 2.75) is 19.9 Å². The van der Waals surface area contributed by atoms with Crippen LogP contribution in [-0.4, -0.2) is 29.1 Å². The van der Waals surface area contributed by atoms with Crippen molar-refractivity contribution < 1.29 is 9.90 Å². The van der Waals surface area contributed by atoms with Crippen LogP contribution in [0.1, 0.15) is 25.5 Å². The van der Waals surface area contributed by atoms with E-state index in [1.165, 1.54) is 9.13 Å². The zero-order valence-corrected chi connectivity index (χ0v) is 12.8. The molecule has 3 atom stereocenters. The van der Waals surface area contributed by atoms with Crippen LogP contribution in [0.25, 0.3) is 0 Å². The van der Waals surface area contributed by atoms with Crippen molar-refractivity contribution in [3.63, 3.8) is 0 Å². The Labute approximate surface area is 121 Å². The topological polar surface area (TPSA) is 40.5 Å². The van der Waals surface area contributed by atoms with Crippen molar-refractivity contribution in [3.8, 4) is 0 Å². The summed E-state index contributed by atoms with van der Waals surface area (Å²) in [6.07, 6.45) is 0. The lowest BCUT2D eigenvalue weighted by atomic mass is 9.99. The van der Waals surface area contributed by atoms with Gasteiger partial charge < -0.3 is 5.11 Å². The van der Waals surface area contributed by atoms with Crippen LogP contribution >= 0.6 is 22.6 Å². The van der Waals surface area contributed by atoms with E-state index in [-0.39, 0.29) is 17.9 Å². The summed E-state index contributed by atoms with van der Waals surface area (Å²) in [5, 5.41) is 9.16. The largest absolute Gasteiger partial charge is 0.481 e. The number of benzene rings is 1. The molecule has 4 heteroatoms. The molecule has 1 aromatic carbocycles. The van der Waals surface area contributed by atoms with Gasteiger partial charge in [-0.25, -0.2) is 0 Å². The minimum Gasteiger partial charge on any atom is -0.481 e. The van der Waals surface area contributed by atoms with Gasteiger partial charge in [0.2, 0.25) is 0 Å². The van der Waals surface area contributed by atoms with E-state index in [0.29, 0.717) is 6.54 Å². The molecule has 1 fully saturated rings. The highest BCUT2D eigenvalue weighted by Gasteiger charge is 2.36. The van der Waals surface area contributed by atoms with Crippen molar-refractivity contribution in [1.82, 2.24) is 4.90 Å². The molecule has 1 aliphatic rings. The lowest BCUT2D eigenvalue weighted by Crippen LogP contribution is -2.26. The highest BCUT2D eigenvalue weighted by Crippen LogP contribution is 2.31. The molecule has 1 N–H and O–H groups in total. The normalized spacial score (nSPS) is 26.2. The van der Waals surface area contributed by atoms with E-state index < -0.39 is 5.97 Å². The first-order chi connectivity index (χ1) is 8.49. The molecule has 1 aliphatic heterocycles. The van der Waals surface area contributed by atoms with Crippen molar-refractivity contribution in [3.05, 3.63) is 33.4 Å². The molecule has 3 nitrogen and oxygen atoms in total. The van der Waals surface area contributed by atoms with Crippen LogP contribution in [-0.2, 0) is 4.79 Å². The fourth-order valence-electron chi connectivity index (χ4n) is 2.59. The Morgan fingerprint density at radius 3 is 2.50 bits per heavy atom. The third kappa shape index (κ3) is 2.85. The van der Waals surface area contributed by atoms with Crippen LogP contribution in [0.2, 0.25) is 0 Å². The molecule has 0 aromatic heterocycles. The van der Waals surface area contributed by atoms with Crippen LogP contribution in [0.15, 0.2) is 24.3 Å². The van der Waals surface area contributed by atoms with E-state index in [4.69, 9.17) is 5.11 Å². The van der Waals surface area contributed by atoms with E-state index in [1.807, 2.05) is 6.92 Å². The van der Waals surface area contributed by atoms with Crippen LogP contribution in [0.4, 0.5) is 0 Å². The van der Waals surface area contributed by atoms with Gasteiger partial charge in [0.25, 0.3) is 0 Å². The van der Waals surface area contributed by atoms with E-state index in [9.17, 15) is 4.79 Å². The van der Waals surface area contributed by atoms with Crippen molar-refractivity contribution >= 4 is 28.6 Å². The van der Waals surface area contributed by atoms with Gasteiger partial charge in [0.15, 0.2) is 0 Å². The minimum atomic E-state index is -0.667. The SMILES string of the molecule is CC(c1ccc(I)cc1)N1C[C@@H](C)[C@H](C(=O)O)C1. The summed E-state index contributed by atoms with van der Waals surface area (Å²) in [6, 6.07) is 8.74. The standard InChI is InChI=1S/C14H18INO2/c1-9-7-16(8-13(9)14(17)18)10(2)11-3-5-12(15)6-4-11/h3-6,9-10,13H,7-8H2,1-2H3,(H,17,18)/t9-,10?,13-/m1/s1. The Morgan fingerprint density at radius 2 is 2.00 bits per heavy atom. The van der Waals surface area contributed by atoms with Gasteiger partial charge >= 0.3 is 5.97 Å². The second kappa shape index (κ2) is 5.57. The fourth-order valence-corrected chi connectivity index (χ4v) is 2.95. The van der Waals surface area contributed by atoms with Crippen molar-refractivity contribution in [1.29, 1.82) is 0 Å². The second-order valence-electron chi connectivity index (χ2n) is 5.10. The van der Waals surface area contributed by atoms with Gasteiger partial charge in [0.1, 0.15) is 0 Å². The van der Waals surface area contributed by atoms with Gasteiger partial charge in [-0.3, -0.25) is 9.69 Å². The smallest absolute Gasteiger partial charge is 0.308 e. The Balaban J connectivity index is 2.09. The van der Waals surface area contributed by atoms with Crippen LogP contribution < -0.4 is 0 Å². The van der Waals surface area contributed by atoms with Gasteiger partial charge in [-0.05, 0) is 53.1 Å². The molecule has 1 heterocycles. The van der Waals surface area contributed by atoms with Crippen LogP contribution in [0.5, 0.6) is 0 Å². The summed E-state index contributed by atoms with van der Waals surface area (Å²) in [4.78, 5) is 13.4. The first-order valence-electron chi connectivity index (χ1n) is 6.21. The Morgan fingerprint density at radius 1 is 1.39 bits per heavy atom. The van der Waals surface area contributed by atoms with Gasteiger partial charge in [-0.2, -0.15) is 0 Å². The second-order valence-corrected chi connectivity index (χ2v) is 6.35. The third-order valence-corrected chi connectivity index (χ3v) is 4.58. The third-order valence-electron chi connectivity index (χ3n) is 3.86. The van der Waals surface area contributed by atoms with Crippen molar-refractivity contribution in [2.24, 2.45) is 11.8 Å². The van der Waals surface area contributed by atoms with E-state index in [2.05, 4.69) is 58.7 Å². The number of rotatable bonds is 3. The first-order valence-corrected chi connectivity index (χ1v) is 7.29. The predicted molar refractivity (Wildman–Crippen MR) is 79.4 cm³/mol. The molecule has 1 saturated heterocycles. The Hall–Kier alpha value is -0.620. The number of carboxylic acid groups (broad SMARTS) is 1. The fraction of sp³-hybridized carbons (Fsp3) is 0.500. The highest BCUT2D eigenvalue weighted by molar-refractivity contribution is 14.1. The number of nitrogens with zero attached hydrogens (tertiary/aromatic N) is 1. The molecule has 0 amide bonds. The monoisotopic (exact) mass is 359 g/mol. The van der Waals surface area contributed by atoms with E-state index in [1.54, 1.807) is 0 Å². The van der Waals surface area contributed by atoms with Crippen LogP contribution in [0.3, 0.4) is 0 Å². The van der Waals surface area contributed by atoms with Crippen LogP contribution in [0, 0.1) is 15.4 Å². The summed E-state index contributed by atoms with van der Waals surface area (Å²) in [7, 11) is 0. The summed E-state index contributed by atoms with van der Waals surface area (Å²) in [5.41, 5.74) is 1.26. The average molecular weight is 359 g/mol. The molecule has 0 aliphatic carbocycles. The summed E-state index contributed by atoms with van der Waals surface area (Å²) < 4.78 is 1.22. The first kappa shape index (κ1) is 13.8. The molecule has 1 unspecified atom stereocenters. The molecule has 0 spiro atoms. The molecular weight excluding hydrogens is 341 g/mol. The summed E-state index contributed by atoms with van der Waals surface area (Å²) in [6.45, 7) is 5.70. The van der Waals surface area contributed by atoms with Gasteiger partial charge in [-0.15, -0.1) is 0 Å². The predicted octanol–water partition coefficient (Wildman–Crippen LogP) is 3.00. The average Bonchev–Trinajstić information content (AvgIpc) is 2.71. The minimum absolute atomic E-state index is 0.226. The number of carbonyl (C=O) groups is 1. The molecule has 0 radical (unpaired) electrons. The maximum atomic E-state index is 11.1. The highest BCUT2D eigenvalue weighted by atomic mass is 127. The molecule has 98 valence electrons. The number of aliphatic carboxylic acids is 1. The number of hydrogen-bond acceptors (Lipinski definition) is 2. The van der Waals surface area contributed by atoms with E-state index >= 15 is 0 Å². The molecule has 18 heavy (non-hydrogen) atoms. The quantitative estimate of drug-likeness (QED) is 0.844.